The van der Waals surface area contributed by atoms with E-state index in [2.05, 4.69) is 16.8 Å². The molecule has 2 heterocycles. The minimum absolute atomic E-state index is 0.0112. The first kappa shape index (κ1) is 17.7. The fraction of sp³-hybridized carbons (Fsp3) is 0.250. The Bertz CT molecular complexity index is 968. The van der Waals surface area contributed by atoms with Gasteiger partial charge in [-0.1, -0.05) is 54.6 Å². The molecule has 0 radical (unpaired) electrons. The van der Waals surface area contributed by atoms with E-state index in [0.717, 1.165) is 39.1 Å². The van der Waals surface area contributed by atoms with Gasteiger partial charge in [0, 0.05) is 28.2 Å². The van der Waals surface area contributed by atoms with Crippen molar-refractivity contribution >= 4 is 50.8 Å². The van der Waals surface area contributed by atoms with Crippen molar-refractivity contribution in [3.63, 3.8) is 0 Å². The fourth-order valence-electron chi connectivity index (χ4n) is 3.67. The maximum absolute atomic E-state index is 9.69. The molecule has 2 aromatic carbocycles. The van der Waals surface area contributed by atoms with Crippen molar-refractivity contribution in [1.82, 2.24) is 9.88 Å². The lowest BCUT2D eigenvalue weighted by Gasteiger charge is -2.37. The van der Waals surface area contributed by atoms with E-state index in [1.54, 1.807) is 23.9 Å². The third kappa shape index (κ3) is 3.08. The zero-order valence-corrected chi connectivity index (χ0v) is 16.7. The number of fused-ring (bicyclic) bond motifs is 3. The maximum atomic E-state index is 9.69. The summed E-state index contributed by atoms with van der Waals surface area (Å²) in [7, 11) is 0. The summed E-state index contributed by atoms with van der Waals surface area (Å²) in [5, 5.41) is 11.6. The zero-order valence-electron chi connectivity index (χ0n) is 14.3. The molecule has 1 unspecified atom stereocenters. The molecule has 0 bridgehead atoms. The van der Waals surface area contributed by atoms with Crippen molar-refractivity contribution in [3.8, 4) is 5.75 Å². The van der Waals surface area contributed by atoms with Crippen molar-refractivity contribution in [2.24, 2.45) is 0 Å². The van der Waals surface area contributed by atoms with Crippen molar-refractivity contribution < 1.29 is 5.11 Å². The average Bonchev–Trinajstić information content (AvgIpc) is 3.00. The molecule has 26 heavy (non-hydrogen) atoms. The number of phenols is 1. The zero-order chi connectivity index (χ0) is 18.3. The Balaban J connectivity index is 1.88. The van der Waals surface area contributed by atoms with E-state index in [0.29, 0.717) is 0 Å². The molecule has 0 saturated heterocycles. The second-order valence-corrected chi connectivity index (χ2v) is 8.68. The Morgan fingerprint density at radius 2 is 2.08 bits per heavy atom. The van der Waals surface area contributed by atoms with Gasteiger partial charge in [0.25, 0.3) is 0 Å². The van der Waals surface area contributed by atoms with Crippen LogP contribution in [-0.4, -0.2) is 31.6 Å². The molecule has 4 rings (SSSR count). The van der Waals surface area contributed by atoms with Crippen LogP contribution in [0.1, 0.15) is 29.8 Å². The van der Waals surface area contributed by atoms with Gasteiger partial charge >= 0.3 is 0 Å². The highest BCUT2D eigenvalue weighted by atomic mass is 35.5. The number of thioether (sulfide) groups is 1. The highest BCUT2D eigenvalue weighted by molar-refractivity contribution is 8.22. The Morgan fingerprint density at radius 1 is 1.31 bits per heavy atom. The highest BCUT2D eigenvalue weighted by Gasteiger charge is 2.33. The number of hydrogen-bond donors (Lipinski definition) is 2. The van der Waals surface area contributed by atoms with E-state index in [1.165, 1.54) is 16.6 Å². The van der Waals surface area contributed by atoms with Gasteiger partial charge in [-0.3, -0.25) is 0 Å². The molecule has 6 heteroatoms. The summed E-state index contributed by atoms with van der Waals surface area (Å²) in [6.45, 7) is 2.98. The van der Waals surface area contributed by atoms with Gasteiger partial charge in [-0.2, -0.15) is 0 Å². The van der Waals surface area contributed by atoms with Crippen LogP contribution in [0.2, 0.25) is 5.02 Å². The largest absolute Gasteiger partial charge is 0.508 e. The minimum atomic E-state index is 0.0112. The molecule has 3 nitrogen and oxygen atoms in total. The first-order valence-corrected chi connectivity index (χ1v) is 10.4. The van der Waals surface area contributed by atoms with Crippen molar-refractivity contribution in [1.29, 1.82) is 0 Å². The Hall–Kier alpha value is -1.69. The number of phenolic OH excluding ortho intramolecular Hbond substituents is 1. The lowest BCUT2D eigenvalue weighted by Crippen LogP contribution is -2.38. The molecule has 1 aromatic heterocycles. The molecule has 0 amide bonds. The number of nitrogens with zero attached hydrogens (tertiary/aromatic N) is 1. The lowest BCUT2D eigenvalue weighted by atomic mass is 9.93. The predicted octanol–water partition coefficient (Wildman–Crippen LogP) is 5.51. The third-order valence-electron chi connectivity index (χ3n) is 4.80. The van der Waals surface area contributed by atoms with Gasteiger partial charge in [-0.05, 0) is 53.6 Å². The SMILES string of the molecule is CCSC(=S)N1CCc2c([nH]c3ccc(Cl)cc23)C1c1ccc(O)cc1. The van der Waals surface area contributed by atoms with Crippen LogP contribution < -0.4 is 0 Å². The first-order chi connectivity index (χ1) is 12.6. The molecule has 3 aromatic rings. The monoisotopic (exact) mass is 402 g/mol. The van der Waals surface area contributed by atoms with Crippen molar-refractivity contribution in [2.45, 2.75) is 19.4 Å². The summed E-state index contributed by atoms with van der Waals surface area (Å²) >= 11 is 13.6. The summed E-state index contributed by atoms with van der Waals surface area (Å²) in [4.78, 5) is 5.89. The van der Waals surface area contributed by atoms with Gasteiger partial charge in [0.2, 0.25) is 0 Å². The molecule has 0 aliphatic carbocycles. The number of aromatic hydroxyl groups is 1. The smallest absolute Gasteiger partial charge is 0.137 e. The van der Waals surface area contributed by atoms with Gasteiger partial charge < -0.3 is 15.0 Å². The van der Waals surface area contributed by atoms with Crippen LogP contribution in [0.4, 0.5) is 0 Å². The van der Waals surface area contributed by atoms with E-state index in [-0.39, 0.29) is 11.8 Å². The summed E-state index contributed by atoms with van der Waals surface area (Å²) in [5.41, 5.74) is 4.68. The molecule has 134 valence electrons. The Labute approximate surface area is 167 Å². The number of rotatable bonds is 2. The van der Waals surface area contributed by atoms with Gasteiger partial charge in [-0.25, -0.2) is 0 Å². The second-order valence-electron chi connectivity index (χ2n) is 6.34. The number of aromatic amines is 1. The number of aromatic nitrogens is 1. The van der Waals surface area contributed by atoms with Gasteiger partial charge in [-0.15, -0.1) is 0 Å². The van der Waals surface area contributed by atoms with Gasteiger partial charge in [0.05, 0.1) is 6.04 Å². The van der Waals surface area contributed by atoms with Crippen LogP contribution >= 0.6 is 35.6 Å². The van der Waals surface area contributed by atoms with Gasteiger partial charge in [0.1, 0.15) is 10.1 Å². The first-order valence-electron chi connectivity index (χ1n) is 8.60. The van der Waals surface area contributed by atoms with Crippen molar-refractivity contribution in [2.75, 3.05) is 12.3 Å². The van der Waals surface area contributed by atoms with E-state index >= 15 is 0 Å². The number of hydrogen-bond acceptors (Lipinski definition) is 3. The maximum Gasteiger partial charge on any atom is 0.137 e. The van der Waals surface area contributed by atoms with Crippen LogP contribution in [0.3, 0.4) is 0 Å². The van der Waals surface area contributed by atoms with Gasteiger partial charge in [0.15, 0.2) is 0 Å². The second kappa shape index (κ2) is 7.14. The standard InChI is InChI=1S/C20H19ClN2OS2/c1-2-26-20(25)23-10-9-15-16-11-13(21)5-8-17(16)22-18(15)19(23)12-3-6-14(24)7-4-12/h3-8,11,19,22,24H,2,9-10H2,1H3. The lowest BCUT2D eigenvalue weighted by molar-refractivity contribution is 0.346. The van der Waals surface area contributed by atoms with E-state index in [4.69, 9.17) is 23.8 Å². The average molecular weight is 403 g/mol. The number of thiocarbonyl (C=S) groups is 1. The number of H-pyrrole nitrogens is 1. The quantitative estimate of drug-likeness (QED) is 0.554. The van der Waals surface area contributed by atoms with Crippen LogP contribution in [0.25, 0.3) is 10.9 Å². The predicted molar refractivity (Wildman–Crippen MR) is 114 cm³/mol. The molecule has 1 atom stereocenters. The normalized spacial score (nSPS) is 16.7. The van der Waals surface area contributed by atoms with Crippen LogP contribution in [0, 0.1) is 0 Å². The summed E-state index contributed by atoms with van der Waals surface area (Å²) < 4.78 is 0.910. The summed E-state index contributed by atoms with van der Waals surface area (Å²) in [5.74, 6) is 1.22. The van der Waals surface area contributed by atoms with Crippen LogP contribution in [-0.2, 0) is 6.42 Å². The molecule has 1 aliphatic rings. The number of benzene rings is 2. The highest BCUT2D eigenvalue weighted by Crippen LogP contribution is 2.40. The van der Waals surface area contributed by atoms with Crippen LogP contribution in [0.15, 0.2) is 42.5 Å². The number of halogens is 1. The fourth-order valence-corrected chi connectivity index (χ4v) is 5.00. The van der Waals surface area contributed by atoms with Crippen molar-refractivity contribution in [3.05, 3.63) is 64.3 Å². The third-order valence-corrected chi connectivity index (χ3v) is 6.39. The molecule has 0 fully saturated rings. The minimum Gasteiger partial charge on any atom is -0.508 e. The molecule has 0 spiro atoms. The van der Waals surface area contributed by atoms with Crippen LogP contribution in [0.5, 0.6) is 5.75 Å². The summed E-state index contributed by atoms with van der Waals surface area (Å²) in [6, 6.07) is 13.4. The molecular weight excluding hydrogens is 384 g/mol. The van der Waals surface area contributed by atoms with E-state index in [1.807, 2.05) is 30.3 Å². The Kier molecular flexibility index (Phi) is 4.86. The molecule has 1 aliphatic heterocycles. The molecule has 0 saturated carbocycles. The molecule has 2 N–H and O–H groups in total. The topological polar surface area (TPSA) is 39.3 Å². The van der Waals surface area contributed by atoms with E-state index < -0.39 is 0 Å². The van der Waals surface area contributed by atoms with E-state index in [9.17, 15) is 5.11 Å². The summed E-state index contributed by atoms with van der Waals surface area (Å²) in [6.07, 6.45) is 0.925. The molecular formula is C20H19ClN2OS2. The Morgan fingerprint density at radius 3 is 2.81 bits per heavy atom. The number of nitrogens with one attached hydrogen (secondary N) is 1.